The Kier molecular flexibility index (Phi) is 3.92. The molecular weight excluding hydrogens is 276 g/mol. The third-order valence-corrected chi connectivity index (χ3v) is 3.93. The molecule has 0 aliphatic heterocycles. The first kappa shape index (κ1) is 14.3. The van der Waals surface area contributed by atoms with E-state index >= 15 is 0 Å². The number of hydrogen-bond acceptors (Lipinski definition) is 3. The van der Waals surface area contributed by atoms with Gasteiger partial charge in [0.05, 0.1) is 19.1 Å². The summed E-state index contributed by atoms with van der Waals surface area (Å²) in [5.41, 5.74) is 2.71. The highest BCUT2D eigenvalue weighted by atomic mass is 16.5. The number of methoxy groups -OCH3 is 1. The number of ether oxygens (including phenoxy) is 1. The second kappa shape index (κ2) is 6.02. The van der Waals surface area contributed by atoms with E-state index in [9.17, 15) is 4.79 Å². The summed E-state index contributed by atoms with van der Waals surface area (Å²) >= 11 is 0. The molecule has 0 saturated heterocycles. The third kappa shape index (κ3) is 2.60. The van der Waals surface area contributed by atoms with Crippen molar-refractivity contribution < 1.29 is 9.53 Å². The lowest BCUT2D eigenvalue weighted by molar-refractivity contribution is 0.0984. The number of nitrogens with one attached hydrogen (secondary N) is 1. The van der Waals surface area contributed by atoms with E-state index in [1.165, 1.54) is 0 Å². The molecule has 0 bridgehead atoms. The lowest BCUT2D eigenvalue weighted by Gasteiger charge is -2.09. The predicted molar refractivity (Wildman–Crippen MR) is 86.5 cm³/mol. The number of aryl methyl sites for hydroxylation is 2. The lowest BCUT2D eigenvalue weighted by atomic mass is 9.98. The summed E-state index contributed by atoms with van der Waals surface area (Å²) in [5.74, 6) is 0.913. The van der Waals surface area contributed by atoms with Crippen molar-refractivity contribution in [3.8, 4) is 5.75 Å². The number of aromatic amines is 1. The fourth-order valence-electron chi connectivity index (χ4n) is 2.70. The minimum absolute atomic E-state index is 0.126. The summed E-state index contributed by atoms with van der Waals surface area (Å²) in [6.45, 7) is 1.97. The van der Waals surface area contributed by atoms with Crippen LogP contribution in [-0.2, 0) is 6.42 Å². The van der Waals surface area contributed by atoms with Gasteiger partial charge in [-0.05, 0) is 30.9 Å². The van der Waals surface area contributed by atoms with Crippen LogP contribution < -0.4 is 4.74 Å². The Morgan fingerprint density at radius 2 is 1.95 bits per heavy atom. The zero-order valence-electron chi connectivity index (χ0n) is 12.7. The van der Waals surface area contributed by atoms with E-state index in [1.54, 1.807) is 13.4 Å². The summed E-state index contributed by atoms with van der Waals surface area (Å²) in [5, 5.41) is 1.90. The fourth-order valence-corrected chi connectivity index (χ4v) is 2.70. The molecule has 4 nitrogen and oxygen atoms in total. The molecule has 2 aromatic carbocycles. The van der Waals surface area contributed by atoms with Crippen LogP contribution in [0.2, 0.25) is 0 Å². The highest BCUT2D eigenvalue weighted by molar-refractivity contribution is 6.09. The van der Waals surface area contributed by atoms with Crippen molar-refractivity contribution >= 4 is 16.6 Å². The zero-order valence-corrected chi connectivity index (χ0v) is 12.7. The maximum atomic E-state index is 12.6. The first-order valence-corrected chi connectivity index (χ1v) is 7.28. The van der Waals surface area contributed by atoms with Gasteiger partial charge >= 0.3 is 0 Å². The van der Waals surface area contributed by atoms with Gasteiger partial charge < -0.3 is 9.72 Å². The number of carbonyl (C=O) groups excluding carboxylic acids is 1. The van der Waals surface area contributed by atoms with Crippen LogP contribution in [-0.4, -0.2) is 22.9 Å². The molecule has 4 heteroatoms. The lowest BCUT2D eigenvalue weighted by Crippen LogP contribution is -2.03. The molecule has 1 N–H and O–H groups in total. The standard InChI is InChI=1S/C18H18N2O2/c1-12-16(20-11-19-12)8-9-17(21)14-7-10-18(22-2)15-6-4-3-5-13(14)15/h3-7,10-11H,8-9H2,1-2H3,(H,19,20). The molecule has 0 fully saturated rings. The van der Waals surface area contributed by atoms with Gasteiger partial charge in [-0.3, -0.25) is 4.79 Å². The number of imidazole rings is 1. The number of ketones is 1. The summed E-state index contributed by atoms with van der Waals surface area (Å²) in [7, 11) is 1.64. The molecule has 112 valence electrons. The summed E-state index contributed by atoms with van der Waals surface area (Å²) in [4.78, 5) is 19.9. The Hall–Kier alpha value is -2.62. The topological polar surface area (TPSA) is 55.0 Å². The maximum Gasteiger partial charge on any atom is 0.163 e. The molecule has 3 aromatic rings. The van der Waals surface area contributed by atoms with Gasteiger partial charge in [0.1, 0.15) is 5.75 Å². The Morgan fingerprint density at radius 3 is 2.64 bits per heavy atom. The molecule has 0 radical (unpaired) electrons. The number of hydrogen-bond donors (Lipinski definition) is 1. The smallest absolute Gasteiger partial charge is 0.163 e. The van der Waals surface area contributed by atoms with Crippen molar-refractivity contribution in [3.63, 3.8) is 0 Å². The Bertz CT molecular complexity index is 821. The van der Waals surface area contributed by atoms with Gasteiger partial charge in [0.15, 0.2) is 5.78 Å². The van der Waals surface area contributed by atoms with E-state index in [0.717, 1.165) is 33.5 Å². The van der Waals surface area contributed by atoms with E-state index in [2.05, 4.69) is 9.97 Å². The van der Waals surface area contributed by atoms with Crippen molar-refractivity contribution in [2.45, 2.75) is 19.8 Å². The Labute approximate surface area is 129 Å². The van der Waals surface area contributed by atoms with Gasteiger partial charge in [-0.25, -0.2) is 4.98 Å². The number of nitrogens with zero attached hydrogens (tertiary/aromatic N) is 1. The van der Waals surface area contributed by atoms with Crippen LogP contribution in [0.4, 0.5) is 0 Å². The van der Waals surface area contributed by atoms with Gasteiger partial charge in [-0.15, -0.1) is 0 Å². The van der Waals surface area contributed by atoms with Crippen molar-refractivity contribution in [2.24, 2.45) is 0 Å². The SMILES string of the molecule is COc1ccc(C(=O)CCc2nc[nH]c2C)c2ccccc12. The molecule has 1 heterocycles. The number of benzene rings is 2. The Morgan fingerprint density at radius 1 is 1.18 bits per heavy atom. The van der Waals surface area contributed by atoms with Crippen LogP contribution in [0.15, 0.2) is 42.7 Å². The predicted octanol–water partition coefficient (Wildman–Crippen LogP) is 3.70. The van der Waals surface area contributed by atoms with Gasteiger partial charge in [-0.2, -0.15) is 0 Å². The van der Waals surface area contributed by atoms with E-state index in [0.29, 0.717) is 12.8 Å². The molecule has 0 atom stereocenters. The first-order valence-electron chi connectivity index (χ1n) is 7.28. The van der Waals surface area contributed by atoms with Crippen molar-refractivity contribution in [1.82, 2.24) is 9.97 Å². The van der Waals surface area contributed by atoms with Crippen LogP contribution in [0, 0.1) is 6.92 Å². The Balaban J connectivity index is 1.90. The quantitative estimate of drug-likeness (QED) is 0.730. The summed E-state index contributed by atoms with van der Waals surface area (Å²) in [6, 6.07) is 11.5. The number of fused-ring (bicyclic) bond motifs is 1. The monoisotopic (exact) mass is 294 g/mol. The largest absolute Gasteiger partial charge is 0.496 e. The van der Waals surface area contributed by atoms with Gasteiger partial charge in [-0.1, -0.05) is 24.3 Å². The van der Waals surface area contributed by atoms with Gasteiger partial charge in [0.25, 0.3) is 0 Å². The van der Waals surface area contributed by atoms with E-state index in [1.807, 2.05) is 43.3 Å². The number of H-pyrrole nitrogens is 1. The van der Waals surface area contributed by atoms with E-state index in [-0.39, 0.29) is 5.78 Å². The molecule has 0 unspecified atom stereocenters. The fraction of sp³-hybridized carbons (Fsp3) is 0.222. The van der Waals surface area contributed by atoms with Crippen molar-refractivity contribution in [2.75, 3.05) is 7.11 Å². The minimum Gasteiger partial charge on any atom is -0.496 e. The molecule has 0 amide bonds. The normalized spacial score (nSPS) is 10.8. The zero-order chi connectivity index (χ0) is 15.5. The average molecular weight is 294 g/mol. The van der Waals surface area contributed by atoms with Gasteiger partial charge in [0, 0.05) is 23.1 Å². The van der Waals surface area contributed by atoms with Gasteiger partial charge in [0.2, 0.25) is 0 Å². The molecule has 0 spiro atoms. The number of Topliss-reactive ketones (excluding diaryl/α,β-unsaturated/α-hetero) is 1. The highest BCUT2D eigenvalue weighted by Gasteiger charge is 2.13. The summed E-state index contributed by atoms with van der Waals surface area (Å²) in [6.07, 6.45) is 2.76. The molecule has 0 aliphatic carbocycles. The molecule has 0 aliphatic rings. The van der Waals surface area contributed by atoms with Crippen LogP contribution in [0.3, 0.4) is 0 Å². The third-order valence-electron chi connectivity index (χ3n) is 3.93. The van der Waals surface area contributed by atoms with Crippen LogP contribution >= 0.6 is 0 Å². The highest BCUT2D eigenvalue weighted by Crippen LogP contribution is 2.29. The molecule has 22 heavy (non-hydrogen) atoms. The molecule has 3 rings (SSSR count). The van der Waals surface area contributed by atoms with E-state index in [4.69, 9.17) is 4.74 Å². The van der Waals surface area contributed by atoms with Crippen LogP contribution in [0.5, 0.6) is 5.75 Å². The number of carbonyl (C=O) groups is 1. The second-order valence-electron chi connectivity index (χ2n) is 5.26. The second-order valence-corrected chi connectivity index (χ2v) is 5.26. The molecule has 0 saturated carbocycles. The molecule has 1 aromatic heterocycles. The molecular formula is C18H18N2O2. The van der Waals surface area contributed by atoms with Crippen molar-refractivity contribution in [3.05, 3.63) is 59.7 Å². The van der Waals surface area contributed by atoms with Crippen LogP contribution in [0.25, 0.3) is 10.8 Å². The number of rotatable bonds is 5. The maximum absolute atomic E-state index is 12.6. The first-order chi connectivity index (χ1) is 10.7. The number of aromatic nitrogens is 2. The van der Waals surface area contributed by atoms with E-state index < -0.39 is 0 Å². The van der Waals surface area contributed by atoms with Crippen LogP contribution in [0.1, 0.15) is 28.2 Å². The average Bonchev–Trinajstić information content (AvgIpc) is 2.96. The minimum atomic E-state index is 0.126. The summed E-state index contributed by atoms with van der Waals surface area (Å²) < 4.78 is 5.37. The van der Waals surface area contributed by atoms with Crippen molar-refractivity contribution in [1.29, 1.82) is 0 Å².